The molecule has 2 rings (SSSR count). The minimum absolute atomic E-state index is 0.105. The Morgan fingerprint density at radius 2 is 1.76 bits per heavy atom. The van der Waals surface area contributed by atoms with E-state index in [0.717, 1.165) is 6.26 Å². The molecule has 0 heterocycles. The lowest BCUT2D eigenvalue weighted by Gasteiger charge is -2.12. The number of nitriles is 1. The van der Waals surface area contributed by atoms with Gasteiger partial charge >= 0.3 is 0 Å². The van der Waals surface area contributed by atoms with Gasteiger partial charge in [-0.15, -0.1) is 0 Å². The van der Waals surface area contributed by atoms with Crippen LogP contribution in [0.3, 0.4) is 0 Å². The van der Waals surface area contributed by atoms with Gasteiger partial charge in [-0.3, -0.25) is 9.52 Å². The van der Waals surface area contributed by atoms with Crippen molar-refractivity contribution < 1.29 is 26.4 Å². The Kier molecular flexibility index (Phi) is 6.84. The summed E-state index contributed by atoms with van der Waals surface area (Å²) in [7, 11) is -5.98. The van der Waals surface area contributed by atoms with Crippen molar-refractivity contribution in [2.24, 2.45) is 0 Å². The van der Waals surface area contributed by atoms with E-state index >= 15 is 0 Å². The molecular formula is C18H19N3O6S2. The highest BCUT2D eigenvalue weighted by atomic mass is 32.2. The quantitative estimate of drug-likeness (QED) is 0.637. The molecule has 2 aromatic carbocycles. The molecule has 0 saturated carbocycles. The van der Waals surface area contributed by atoms with Gasteiger partial charge < -0.3 is 10.1 Å². The number of sulfonamides is 1. The van der Waals surface area contributed by atoms with E-state index < -0.39 is 31.5 Å². The number of carbonyl (C=O) groups is 1. The highest BCUT2D eigenvalue weighted by Gasteiger charge is 2.18. The number of benzene rings is 2. The molecule has 0 radical (unpaired) electrons. The van der Waals surface area contributed by atoms with Gasteiger partial charge in [0.15, 0.2) is 9.84 Å². The van der Waals surface area contributed by atoms with Crippen LogP contribution in [0, 0.1) is 11.3 Å². The van der Waals surface area contributed by atoms with Crippen molar-refractivity contribution in [2.45, 2.75) is 5.75 Å². The van der Waals surface area contributed by atoms with Crippen LogP contribution in [-0.2, 0) is 30.4 Å². The highest BCUT2D eigenvalue weighted by molar-refractivity contribution is 7.92. The zero-order valence-corrected chi connectivity index (χ0v) is 17.3. The first kappa shape index (κ1) is 22.2. The number of rotatable bonds is 8. The van der Waals surface area contributed by atoms with Crippen molar-refractivity contribution in [3.8, 4) is 11.8 Å². The predicted octanol–water partition coefficient (Wildman–Crippen LogP) is 1.49. The highest BCUT2D eigenvalue weighted by Crippen LogP contribution is 2.28. The third-order valence-electron chi connectivity index (χ3n) is 3.60. The third kappa shape index (κ3) is 7.10. The topological polar surface area (TPSA) is 142 Å². The first-order valence-corrected chi connectivity index (χ1v) is 11.9. The molecule has 0 aliphatic carbocycles. The lowest BCUT2D eigenvalue weighted by molar-refractivity contribution is -0.113. The van der Waals surface area contributed by atoms with Crippen molar-refractivity contribution >= 4 is 37.1 Å². The van der Waals surface area contributed by atoms with Gasteiger partial charge in [0.05, 0.1) is 36.4 Å². The molecule has 0 unspecified atom stereocenters. The number of ether oxygens (including phenoxy) is 1. The fraction of sp³-hybridized carbons (Fsp3) is 0.222. The lowest BCUT2D eigenvalue weighted by Crippen LogP contribution is -2.24. The van der Waals surface area contributed by atoms with Crippen LogP contribution in [0.2, 0.25) is 0 Å². The molecule has 2 aromatic rings. The summed E-state index contributed by atoms with van der Waals surface area (Å²) in [6.45, 7) is 0. The fourth-order valence-electron chi connectivity index (χ4n) is 2.44. The van der Waals surface area contributed by atoms with Crippen LogP contribution in [0.4, 0.5) is 11.4 Å². The molecule has 9 nitrogen and oxygen atoms in total. The molecule has 1 amide bonds. The number of carbonyl (C=O) groups excluding carboxylic acids is 1. The first-order valence-electron chi connectivity index (χ1n) is 8.16. The standard InChI is InChI=1S/C18H19N3O6S2/c1-27-17-8-7-15(9-16(17)21-28(2,23)24)20-18(22)12-29(25,26)11-14-5-3-13(10-19)4-6-14/h3-9,21H,11-12H2,1-2H3,(H,20,22). The Labute approximate surface area is 169 Å². The molecule has 0 bridgehead atoms. The molecule has 0 atom stereocenters. The van der Waals surface area contributed by atoms with Gasteiger partial charge in [-0.2, -0.15) is 5.26 Å². The van der Waals surface area contributed by atoms with E-state index in [1.165, 1.54) is 49.6 Å². The number of nitrogens with zero attached hydrogens (tertiary/aromatic N) is 1. The number of methoxy groups -OCH3 is 1. The summed E-state index contributed by atoms with van der Waals surface area (Å²) in [5.74, 6) is -1.64. The van der Waals surface area contributed by atoms with Crippen molar-refractivity contribution in [3.63, 3.8) is 0 Å². The van der Waals surface area contributed by atoms with Crippen molar-refractivity contribution in [1.29, 1.82) is 5.26 Å². The maximum absolute atomic E-state index is 12.3. The van der Waals surface area contributed by atoms with Gasteiger partial charge in [0.1, 0.15) is 11.5 Å². The second-order valence-electron chi connectivity index (χ2n) is 6.18. The van der Waals surface area contributed by atoms with E-state index in [1.807, 2.05) is 6.07 Å². The molecule has 29 heavy (non-hydrogen) atoms. The minimum atomic E-state index is -3.76. The van der Waals surface area contributed by atoms with Crippen LogP contribution in [0.15, 0.2) is 42.5 Å². The molecule has 2 N–H and O–H groups in total. The molecule has 0 aliphatic heterocycles. The summed E-state index contributed by atoms with van der Waals surface area (Å²) in [6, 6.07) is 12.2. The van der Waals surface area contributed by atoms with Crippen LogP contribution in [-0.4, -0.2) is 41.9 Å². The van der Waals surface area contributed by atoms with Crippen LogP contribution in [0.1, 0.15) is 11.1 Å². The van der Waals surface area contributed by atoms with Gasteiger partial charge in [-0.05, 0) is 35.9 Å². The van der Waals surface area contributed by atoms with Crippen LogP contribution < -0.4 is 14.8 Å². The maximum Gasteiger partial charge on any atom is 0.239 e. The van der Waals surface area contributed by atoms with Gasteiger partial charge in [0.2, 0.25) is 15.9 Å². The largest absolute Gasteiger partial charge is 0.495 e. The molecule has 0 spiro atoms. The van der Waals surface area contributed by atoms with Gasteiger partial charge in [0, 0.05) is 5.69 Å². The van der Waals surface area contributed by atoms with Crippen LogP contribution in [0.25, 0.3) is 0 Å². The first-order chi connectivity index (χ1) is 13.5. The van der Waals surface area contributed by atoms with E-state index in [0.29, 0.717) is 11.1 Å². The average Bonchev–Trinajstić information content (AvgIpc) is 2.60. The molecule has 11 heteroatoms. The molecule has 0 fully saturated rings. The third-order valence-corrected chi connectivity index (χ3v) is 5.67. The van der Waals surface area contributed by atoms with Crippen LogP contribution in [0.5, 0.6) is 5.75 Å². The molecule has 154 valence electrons. The summed E-state index contributed by atoms with van der Waals surface area (Å²) >= 11 is 0. The summed E-state index contributed by atoms with van der Waals surface area (Å²) in [5, 5.41) is 11.2. The van der Waals surface area contributed by atoms with E-state index in [9.17, 15) is 21.6 Å². The van der Waals surface area contributed by atoms with Crippen molar-refractivity contribution in [3.05, 3.63) is 53.6 Å². The van der Waals surface area contributed by atoms with Crippen LogP contribution >= 0.6 is 0 Å². The lowest BCUT2D eigenvalue weighted by atomic mass is 10.2. The predicted molar refractivity (Wildman–Crippen MR) is 109 cm³/mol. The summed E-state index contributed by atoms with van der Waals surface area (Å²) in [5.41, 5.74) is 1.17. The molecular weight excluding hydrogens is 418 g/mol. The normalized spacial score (nSPS) is 11.3. The second kappa shape index (κ2) is 8.93. The van der Waals surface area contributed by atoms with Gasteiger partial charge in [0.25, 0.3) is 0 Å². The number of sulfone groups is 1. The Morgan fingerprint density at radius 3 is 2.31 bits per heavy atom. The monoisotopic (exact) mass is 437 g/mol. The fourth-order valence-corrected chi connectivity index (χ4v) is 4.28. The zero-order chi connectivity index (χ0) is 21.7. The number of nitrogens with one attached hydrogen (secondary N) is 2. The molecule has 0 aromatic heterocycles. The van der Waals surface area contributed by atoms with E-state index in [4.69, 9.17) is 10.00 Å². The van der Waals surface area contributed by atoms with E-state index in [1.54, 1.807) is 0 Å². The smallest absolute Gasteiger partial charge is 0.239 e. The number of anilines is 2. The minimum Gasteiger partial charge on any atom is -0.495 e. The molecule has 0 aliphatic rings. The maximum atomic E-state index is 12.3. The van der Waals surface area contributed by atoms with E-state index in [2.05, 4.69) is 10.0 Å². The Morgan fingerprint density at radius 1 is 1.10 bits per heavy atom. The average molecular weight is 437 g/mol. The van der Waals surface area contributed by atoms with E-state index in [-0.39, 0.29) is 22.9 Å². The number of hydrogen-bond acceptors (Lipinski definition) is 7. The zero-order valence-electron chi connectivity index (χ0n) is 15.7. The van der Waals surface area contributed by atoms with Gasteiger partial charge in [-0.1, -0.05) is 12.1 Å². The number of hydrogen-bond donors (Lipinski definition) is 2. The Balaban J connectivity index is 2.09. The SMILES string of the molecule is COc1ccc(NC(=O)CS(=O)(=O)Cc2ccc(C#N)cc2)cc1NS(C)(=O)=O. The van der Waals surface area contributed by atoms with Gasteiger partial charge in [-0.25, -0.2) is 16.8 Å². The molecule has 0 saturated heterocycles. The Bertz CT molecular complexity index is 1150. The summed E-state index contributed by atoms with van der Waals surface area (Å²) < 4.78 is 54.8. The Hall–Kier alpha value is -3.10. The number of amides is 1. The van der Waals surface area contributed by atoms with Crippen molar-refractivity contribution in [2.75, 3.05) is 29.2 Å². The van der Waals surface area contributed by atoms with Crippen molar-refractivity contribution in [1.82, 2.24) is 0 Å². The second-order valence-corrected chi connectivity index (χ2v) is 9.99. The summed E-state index contributed by atoms with van der Waals surface area (Å²) in [6.07, 6.45) is 0.966. The summed E-state index contributed by atoms with van der Waals surface area (Å²) in [4.78, 5) is 12.2.